The van der Waals surface area contributed by atoms with Gasteiger partial charge in [0.25, 0.3) is 0 Å². The highest BCUT2D eigenvalue weighted by Gasteiger charge is 2.25. The maximum Gasteiger partial charge on any atom is 0.164 e. The van der Waals surface area contributed by atoms with Gasteiger partial charge in [0, 0.05) is 55.3 Å². The minimum atomic E-state index is 0.177. The van der Waals surface area contributed by atoms with Crippen molar-refractivity contribution in [2.45, 2.75) is 32.7 Å². The fraction of sp³-hybridized carbons (Fsp3) is 0.588. The molecule has 0 aromatic heterocycles. The number of carbonyl (C=O) groups excluding carboxylic acids is 1. The van der Waals surface area contributed by atoms with Crippen molar-refractivity contribution in [1.29, 1.82) is 0 Å². The molecule has 1 aromatic rings. The molecule has 1 aliphatic heterocycles. The average Bonchev–Trinajstić information content (AvgIpc) is 2.44. The average molecular weight is 309 g/mol. The van der Waals surface area contributed by atoms with E-state index in [1.165, 1.54) is 0 Å². The van der Waals surface area contributed by atoms with Gasteiger partial charge in [-0.15, -0.1) is 0 Å². The lowest BCUT2D eigenvalue weighted by Gasteiger charge is -2.42. The van der Waals surface area contributed by atoms with Gasteiger partial charge in [-0.25, -0.2) is 0 Å². The molecular weight excluding hydrogens is 284 g/mol. The summed E-state index contributed by atoms with van der Waals surface area (Å²) in [5, 5.41) is 0.625. The van der Waals surface area contributed by atoms with Crippen LogP contribution in [0.3, 0.4) is 0 Å². The first kappa shape index (κ1) is 16.5. The molecule has 0 spiro atoms. The van der Waals surface area contributed by atoms with Crippen LogP contribution in [0, 0.1) is 0 Å². The summed E-state index contributed by atoms with van der Waals surface area (Å²) in [5.41, 5.74) is 0.957. The van der Waals surface area contributed by atoms with E-state index in [0.717, 1.165) is 38.3 Å². The molecule has 1 heterocycles. The van der Waals surface area contributed by atoms with Crippen molar-refractivity contribution >= 4 is 17.4 Å². The molecule has 0 aliphatic carbocycles. The maximum atomic E-state index is 12.2. The summed E-state index contributed by atoms with van der Waals surface area (Å²) >= 11 is 5.93. The lowest BCUT2D eigenvalue weighted by atomic mass is 10.0. The number of ketones is 1. The van der Waals surface area contributed by atoms with Crippen LogP contribution < -0.4 is 0 Å². The molecule has 2 rings (SSSR count). The van der Waals surface area contributed by atoms with Gasteiger partial charge in [0.05, 0.1) is 0 Å². The number of piperazine rings is 1. The van der Waals surface area contributed by atoms with Gasteiger partial charge in [-0.05, 0) is 32.9 Å². The Morgan fingerprint density at radius 3 is 2.43 bits per heavy atom. The first-order valence-corrected chi connectivity index (χ1v) is 8.00. The van der Waals surface area contributed by atoms with Gasteiger partial charge in [-0.2, -0.15) is 0 Å². The van der Waals surface area contributed by atoms with Gasteiger partial charge < -0.3 is 4.90 Å². The molecule has 1 aromatic carbocycles. The number of hydrogen-bond donors (Lipinski definition) is 0. The van der Waals surface area contributed by atoms with Crippen molar-refractivity contribution < 1.29 is 4.79 Å². The van der Waals surface area contributed by atoms with E-state index in [1.807, 2.05) is 12.1 Å². The zero-order valence-corrected chi connectivity index (χ0v) is 14.0. The highest BCUT2D eigenvalue weighted by atomic mass is 35.5. The molecule has 21 heavy (non-hydrogen) atoms. The normalized spacial score (nSPS) is 17.9. The van der Waals surface area contributed by atoms with Crippen LogP contribution in [0.4, 0.5) is 0 Å². The predicted octanol–water partition coefficient (Wildman–Crippen LogP) is 3.33. The first-order valence-electron chi connectivity index (χ1n) is 7.62. The Balaban J connectivity index is 1.78. The van der Waals surface area contributed by atoms with Crippen LogP contribution in [0.25, 0.3) is 0 Å². The van der Waals surface area contributed by atoms with Crippen molar-refractivity contribution in [2.75, 3.05) is 32.7 Å². The summed E-state index contributed by atoms with van der Waals surface area (Å²) in [7, 11) is 0. The van der Waals surface area contributed by atoms with E-state index >= 15 is 0 Å². The van der Waals surface area contributed by atoms with E-state index in [0.29, 0.717) is 11.4 Å². The van der Waals surface area contributed by atoms with Gasteiger partial charge >= 0.3 is 0 Å². The predicted molar refractivity (Wildman–Crippen MR) is 88.2 cm³/mol. The van der Waals surface area contributed by atoms with Crippen molar-refractivity contribution in [2.24, 2.45) is 0 Å². The molecule has 0 amide bonds. The first-order chi connectivity index (χ1) is 9.86. The highest BCUT2D eigenvalue weighted by Crippen LogP contribution is 2.16. The standard InChI is InChI=1S/C17H25ClN2O/c1-17(2,3)20-11-9-19(10-12-20)8-7-16(21)14-5-4-6-15(18)13-14/h4-6,13H,7-12H2,1-3H3. The third-order valence-electron chi connectivity index (χ3n) is 4.12. The second kappa shape index (κ2) is 6.91. The fourth-order valence-corrected chi connectivity index (χ4v) is 2.90. The number of carbonyl (C=O) groups is 1. The van der Waals surface area contributed by atoms with E-state index in [4.69, 9.17) is 11.6 Å². The molecule has 116 valence electrons. The number of Topliss-reactive ketones (excluding diaryl/α,β-unsaturated/α-hetero) is 1. The Morgan fingerprint density at radius 1 is 1.19 bits per heavy atom. The van der Waals surface area contributed by atoms with E-state index in [-0.39, 0.29) is 11.3 Å². The second-order valence-corrected chi connectivity index (χ2v) is 7.12. The van der Waals surface area contributed by atoms with E-state index in [9.17, 15) is 4.79 Å². The summed E-state index contributed by atoms with van der Waals surface area (Å²) in [4.78, 5) is 17.0. The molecule has 0 bridgehead atoms. The number of hydrogen-bond acceptors (Lipinski definition) is 3. The van der Waals surface area contributed by atoms with Crippen molar-refractivity contribution in [3.63, 3.8) is 0 Å². The Morgan fingerprint density at radius 2 is 1.86 bits per heavy atom. The molecule has 4 heteroatoms. The number of halogens is 1. The third kappa shape index (κ3) is 4.80. The van der Waals surface area contributed by atoms with Crippen LogP contribution in [0.15, 0.2) is 24.3 Å². The molecule has 1 aliphatic rings. The van der Waals surface area contributed by atoms with E-state index in [2.05, 4.69) is 30.6 Å². The maximum absolute atomic E-state index is 12.2. The minimum absolute atomic E-state index is 0.177. The fourth-order valence-electron chi connectivity index (χ4n) is 2.71. The lowest BCUT2D eigenvalue weighted by molar-refractivity contribution is 0.0602. The smallest absolute Gasteiger partial charge is 0.164 e. The Hall–Kier alpha value is -0.900. The Kier molecular flexibility index (Phi) is 5.42. The molecule has 3 nitrogen and oxygen atoms in total. The SMILES string of the molecule is CC(C)(C)N1CCN(CCC(=O)c2cccc(Cl)c2)CC1. The third-order valence-corrected chi connectivity index (χ3v) is 4.36. The van der Waals surface area contributed by atoms with Crippen molar-refractivity contribution in [1.82, 2.24) is 9.80 Å². The number of benzene rings is 1. The summed E-state index contributed by atoms with van der Waals surface area (Å²) in [6, 6.07) is 7.22. The second-order valence-electron chi connectivity index (χ2n) is 6.68. The molecule has 1 saturated heterocycles. The molecular formula is C17H25ClN2O. The van der Waals surface area contributed by atoms with E-state index < -0.39 is 0 Å². The van der Waals surface area contributed by atoms with Gasteiger partial charge in [0.15, 0.2) is 5.78 Å². The summed E-state index contributed by atoms with van der Waals surface area (Å²) in [6.45, 7) is 11.8. The Labute approximate surface area is 132 Å². The van der Waals surface area contributed by atoms with Crippen LogP contribution in [0.2, 0.25) is 5.02 Å². The minimum Gasteiger partial charge on any atom is -0.300 e. The molecule has 0 radical (unpaired) electrons. The molecule has 0 N–H and O–H groups in total. The highest BCUT2D eigenvalue weighted by molar-refractivity contribution is 6.31. The van der Waals surface area contributed by atoms with Gasteiger partial charge in [-0.3, -0.25) is 9.69 Å². The zero-order chi connectivity index (χ0) is 15.5. The van der Waals surface area contributed by atoms with Gasteiger partial charge in [0.2, 0.25) is 0 Å². The van der Waals surface area contributed by atoms with Crippen LogP contribution >= 0.6 is 11.6 Å². The number of nitrogens with zero attached hydrogens (tertiary/aromatic N) is 2. The summed E-state index contributed by atoms with van der Waals surface area (Å²) in [5.74, 6) is 0.177. The van der Waals surface area contributed by atoms with Crippen LogP contribution in [-0.4, -0.2) is 53.8 Å². The zero-order valence-electron chi connectivity index (χ0n) is 13.2. The Bertz CT molecular complexity index is 488. The lowest BCUT2D eigenvalue weighted by Crippen LogP contribution is -2.53. The molecule has 1 fully saturated rings. The van der Waals surface area contributed by atoms with Crippen molar-refractivity contribution in [3.8, 4) is 0 Å². The quantitative estimate of drug-likeness (QED) is 0.797. The topological polar surface area (TPSA) is 23.6 Å². The van der Waals surface area contributed by atoms with Crippen LogP contribution in [0.5, 0.6) is 0 Å². The molecule has 0 unspecified atom stereocenters. The monoisotopic (exact) mass is 308 g/mol. The molecule has 0 saturated carbocycles. The summed E-state index contributed by atoms with van der Waals surface area (Å²) in [6.07, 6.45) is 0.565. The van der Waals surface area contributed by atoms with Gasteiger partial charge in [-0.1, -0.05) is 23.7 Å². The van der Waals surface area contributed by atoms with Crippen molar-refractivity contribution in [3.05, 3.63) is 34.9 Å². The van der Waals surface area contributed by atoms with E-state index in [1.54, 1.807) is 12.1 Å². The number of rotatable bonds is 4. The van der Waals surface area contributed by atoms with Crippen LogP contribution in [0.1, 0.15) is 37.6 Å². The van der Waals surface area contributed by atoms with Crippen LogP contribution in [-0.2, 0) is 0 Å². The molecule has 0 atom stereocenters. The largest absolute Gasteiger partial charge is 0.300 e. The van der Waals surface area contributed by atoms with Gasteiger partial charge in [0.1, 0.15) is 0 Å². The summed E-state index contributed by atoms with van der Waals surface area (Å²) < 4.78 is 0.